The third-order valence-corrected chi connectivity index (χ3v) is 4.87. The average Bonchev–Trinajstić information content (AvgIpc) is 3.13. The van der Waals surface area contributed by atoms with Gasteiger partial charge in [-0.25, -0.2) is 4.98 Å². The Morgan fingerprint density at radius 3 is 3.19 bits per heavy atom. The number of methoxy groups -OCH3 is 1. The van der Waals surface area contributed by atoms with Crippen molar-refractivity contribution in [2.24, 2.45) is 0 Å². The molecule has 1 aromatic heterocycles. The fraction of sp³-hybridized carbons (Fsp3) is 0.733. The molecule has 6 nitrogen and oxygen atoms in total. The van der Waals surface area contributed by atoms with E-state index in [9.17, 15) is 4.79 Å². The van der Waals surface area contributed by atoms with Crippen LogP contribution in [0.15, 0.2) is 12.4 Å². The van der Waals surface area contributed by atoms with Crippen LogP contribution in [0.3, 0.4) is 0 Å². The molecule has 1 aromatic rings. The fourth-order valence-corrected chi connectivity index (χ4v) is 3.79. The van der Waals surface area contributed by atoms with E-state index < -0.39 is 5.54 Å². The highest BCUT2D eigenvalue weighted by Crippen LogP contribution is 2.35. The van der Waals surface area contributed by atoms with Gasteiger partial charge >= 0.3 is 5.97 Å². The molecule has 0 amide bonds. The van der Waals surface area contributed by atoms with Crippen molar-refractivity contribution in [3.05, 3.63) is 18.2 Å². The first-order valence-electron chi connectivity index (χ1n) is 7.76. The van der Waals surface area contributed by atoms with Gasteiger partial charge < -0.3 is 14.6 Å². The van der Waals surface area contributed by atoms with E-state index >= 15 is 0 Å². The van der Waals surface area contributed by atoms with Crippen LogP contribution in [0.5, 0.6) is 0 Å². The predicted octanol–water partition coefficient (Wildman–Crippen LogP) is 0.772. The Kier molecular flexibility index (Phi) is 3.99. The Hall–Kier alpha value is -1.40. The highest BCUT2D eigenvalue weighted by molar-refractivity contribution is 5.81. The van der Waals surface area contributed by atoms with Crippen molar-refractivity contribution < 1.29 is 9.53 Å². The highest BCUT2D eigenvalue weighted by atomic mass is 16.5. The zero-order valence-electron chi connectivity index (χ0n) is 12.8. The Balaban J connectivity index is 1.70. The van der Waals surface area contributed by atoms with Crippen molar-refractivity contribution in [3.63, 3.8) is 0 Å². The first kappa shape index (κ1) is 14.5. The number of imidazole rings is 1. The molecule has 116 valence electrons. The molecular weight excluding hydrogens is 268 g/mol. The Labute approximate surface area is 125 Å². The molecule has 0 spiro atoms. The second-order valence-corrected chi connectivity index (χ2v) is 6.01. The van der Waals surface area contributed by atoms with Gasteiger partial charge in [-0.1, -0.05) is 6.92 Å². The van der Waals surface area contributed by atoms with Gasteiger partial charge in [-0.2, -0.15) is 0 Å². The quantitative estimate of drug-likeness (QED) is 0.831. The minimum Gasteiger partial charge on any atom is -0.468 e. The van der Waals surface area contributed by atoms with Crippen LogP contribution in [-0.2, 0) is 22.6 Å². The smallest absolute Gasteiger partial charge is 0.326 e. The molecule has 0 aromatic carbocycles. The molecule has 0 bridgehead atoms. The predicted molar refractivity (Wildman–Crippen MR) is 78.7 cm³/mol. The van der Waals surface area contributed by atoms with Crippen molar-refractivity contribution in [3.8, 4) is 0 Å². The van der Waals surface area contributed by atoms with E-state index in [1.54, 1.807) is 0 Å². The summed E-state index contributed by atoms with van der Waals surface area (Å²) in [6, 6.07) is 0.425. The normalized spacial score (nSPS) is 29.3. The van der Waals surface area contributed by atoms with Gasteiger partial charge in [0.15, 0.2) is 0 Å². The Bertz CT molecular complexity index is 516. The molecule has 1 fully saturated rings. The first-order valence-corrected chi connectivity index (χ1v) is 7.76. The number of rotatable bonds is 4. The summed E-state index contributed by atoms with van der Waals surface area (Å²) in [6.07, 6.45) is 6.61. The van der Waals surface area contributed by atoms with E-state index in [1.165, 1.54) is 7.11 Å². The SMILES string of the molecule is CCNC1(C(=O)OC)CCC(N2CCn3ccnc3C2)C1. The number of esters is 1. The first-order chi connectivity index (χ1) is 10.2. The summed E-state index contributed by atoms with van der Waals surface area (Å²) in [5.74, 6) is 1.01. The maximum absolute atomic E-state index is 12.2. The van der Waals surface area contributed by atoms with Gasteiger partial charge in [0, 0.05) is 31.5 Å². The molecule has 1 aliphatic carbocycles. The number of ether oxygens (including phenoxy) is 1. The summed E-state index contributed by atoms with van der Waals surface area (Å²) in [5.41, 5.74) is -0.499. The van der Waals surface area contributed by atoms with Crippen LogP contribution >= 0.6 is 0 Å². The van der Waals surface area contributed by atoms with Gasteiger partial charge in [0.2, 0.25) is 0 Å². The van der Waals surface area contributed by atoms with Crippen LogP contribution in [0.1, 0.15) is 32.0 Å². The molecule has 0 radical (unpaired) electrons. The topological polar surface area (TPSA) is 59.4 Å². The standard InChI is InChI=1S/C15H24N4O2/c1-3-17-15(14(20)21-2)5-4-12(10-15)19-9-8-18-7-6-16-13(18)11-19/h6-7,12,17H,3-5,8-11H2,1-2H3. The van der Waals surface area contributed by atoms with Crippen molar-refractivity contribution in [2.75, 3.05) is 20.2 Å². The van der Waals surface area contributed by atoms with Crippen LogP contribution in [0.25, 0.3) is 0 Å². The molecule has 2 aliphatic rings. The van der Waals surface area contributed by atoms with Crippen LogP contribution in [0.2, 0.25) is 0 Å². The summed E-state index contributed by atoms with van der Waals surface area (Å²) in [7, 11) is 1.48. The molecule has 1 aliphatic heterocycles. The molecule has 2 atom stereocenters. The molecule has 3 rings (SSSR count). The maximum atomic E-state index is 12.2. The molecular formula is C15H24N4O2. The molecule has 0 saturated heterocycles. The van der Waals surface area contributed by atoms with Crippen molar-refractivity contribution in [2.45, 2.75) is 50.9 Å². The highest BCUT2D eigenvalue weighted by Gasteiger charge is 2.47. The second kappa shape index (κ2) is 5.77. The molecule has 1 saturated carbocycles. The fourth-order valence-electron chi connectivity index (χ4n) is 3.79. The lowest BCUT2D eigenvalue weighted by molar-refractivity contribution is -0.148. The number of aromatic nitrogens is 2. The summed E-state index contributed by atoms with van der Waals surface area (Å²) in [4.78, 5) is 19.1. The van der Waals surface area contributed by atoms with Gasteiger partial charge in [-0.3, -0.25) is 9.69 Å². The van der Waals surface area contributed by atoms with E-state index in [2.05, 4.69) is 19.8 Å². The number of nitrogens with one attached hydrogen (secondary N) is 1. The lowest BCUT2D eigenvalue weighted by atomic mass is 9.97. The van der Waals surface area contributed by atoms with Crippen LogP contribution in [0, 0.1) is 0 Å². The van der Waals surface area contributed by atoms with E-state index in [1.807, 2.05) is 19.3 Å². The van der Waals surface area contributed by atoms with Crippen LogP contribution < -0.4 is 5.32 Å². The molecule has 1 N–H and O–H groups in total. The summed E-state index contributed by atoms with van der Waals surface area (Å²) in [5, 5.41) is 3.37. The van der Waals surface area contributed by atoms with Crippen LogP contribution in [0.4, 0.5) is 0 Å². The number of nitrogens with zero attached hydrogens (tertiary/aromatic N) is 3. The second-order valence-electron chi connectivity index (χ2n) is 6.01. The molecule has 21 heavy (non-hydrogen) atoms. The molecule has 6 heteroatoms. The number of carbonyl (C=O) groups excluding carboxylic acids is 1. The third kappa shape index (κ3) is 2.58. The van der Waals surface area contributed by atoms with E-state index in [0.717, 1.165) is 51.3 Å². The number of hydrogen-bond acceptors (Lipinski definition) is 5. The zero-order valence-corrected chi connectivity index (χ0v) is 12.8. The average molecular weight is 292 g/mol. The summed E-state index contributed by atoms with van der Waals surface area (Å²) >= 11 is 0. The van der Waals surface area contributed by atoms with E-state index in [0.29, 0.717) is 6.04 Å². The molecule has 2 unspecified atom stereocenters. The Morgan fingerprint density at radius 1 is 1.57 bits per heavy atom. The number of hydrogen-bond donors (Lipinski definition) is 1. The third-order valence-electron chi connectivity index (χ3n) is 4.87. The Morgan fingerprint density at radius 2 is 2.43 bits per heavy atom. The van der Waals surface area contributed by atoms with Crippen molar-refractivity contribution >= 4 is 5.97 Å². The minimum atomic E-state index is -0.499. The lowest BCUT2D eigenvalue weighted by Crippen LogP contribution is -2.52. The van der Waals surface area contributed by atoms with Crippen LogP contribution in [-0.4, -0.2) is 52.2 Å². The number of carbonyl (C=O) groups is 1. The van der Waals surface area contributed by atoms with Gasteiger partial charge in [0.1, 0.15) is 11.4 Å². The van der Waals surface area contributed by atoms with E-state index in [4.69, 9.17) is 4.74 Å². The van der Waals surface area contributed by atoms with Gasteiger partial charge in [0.05, 0.1) is 13.7 Å². The zero-order chi connectivity index (χ0) is 14.9. The lowest BCUT2D eigenvalue weighted by Gasteiger charge is -2.34. The van der Waals surface area contributed by atoms with Crippen molar-refractivity contribution in [1.82, 2.24) is 19.8 Å². The van der Waals surface area contributed by atoms with Gasteiger partial charge in [-0.15, -0.1) is 0 Å². The maximum Gasteiger partial charge on any atom is 0.326 e. The largest absolute Gasteiger partial charge is 0.468 e. The van der Waals surface area contributed by atoms with Crippen molar-refractivity contribution in [1.29, 1.82) is 0 Å². The number of fused-ring (bicyclic) bond motifs is 1. The summed E-state index contributed by atoms with van der Waals surface area (Å²) in [6.45, 7) is 5.71. The molecule has 2 heterocycles. The van der Waals surface area contributed by atoms with E-state index in [-0.39, 0.29) is 5.97 Å². The minimum absolute atomic E-state index is 0.120. The summed E-state index contributed by atoms with van der Waals surface area (Å²) < 4.78 is 7.24. The van der Waals surface area contributed by atoms with Gasteiger partial charge in [-0.05, 0) is 25.8 Å². The van der Waals surface area contributed by atoms with Gasteiger partial charge in [0.25, 0.3) is 0 Å². The number of likely N-dealkylation sites (N-methyl/N-ethyl adjacent to an activating group) is 1. The monoisotopic (exact) mass is 292 g/mol.